The number of benzene rings is 5. The van der Waals surface area contributed by atoms with Crippen LogP contribution in [0.3, 0.4) is 0 Å². The van der Waals surface area contributed by atoms with Gasteiger partial charge in [-0.15, -0.1) is 0 Å². The van der Waals surface area contributed by atoms with Crippen molar-refractivity contribution in [2.75, 3.05) is 4.90 Å². The number of anilines is 3. The first-order valence-electron chi connectivity index (χ1n) is 9.13. The van der Waals surface area contributed by atoms with Crippen molar-refractivity contribution in [3.05, 3.63) is 115 Å². The quantitative estimate of drug-likeness (QED) is 0.311. The van der Waals surface area contributed by atoms with E-state index in [0.717, 1.165) is 22.4 Å². The van der Waals surface area contributed by atoms with Crippen LogP contribution in [0.1, 0.15) is 0 Å². The lowest BCUT2D eigenvalue weighted by Crippen LogP contribution is -2.10. The molecule has 0 atom stereocenters. The lowest BCUT2D eigenvalue weighted by atomic mass is 10.0. The first-order chi connectivity index (χ1) is 13.4. The molecule has 0 heterocycles. The van der Waals surface area contributed by atoms with Crippen molar-refractivity contribution in [3.8, 4) is 0 Å². The highest BCUT2D eigenvalue weighted by Crippen LogP contribution is 2.39. The molecular weight excluding hydrogens is 326 g/mol. The summed E-state index contributed by atoms with van der Waals surface area (Å²) in [5.41, 5.74) is 3.45. The summed E-state index contributed by atoms with van der Waals surface area (Å²) in [6.45, 7) is 0. The van der Waals surface area contributed by atoms with Gasteiger partial charge in [0.1, 0.15) is 0 Å². The molecule has 0 spiro atoms. The van der Waals surface area contributed by atoms with E-state index in [1.165, 1.54) is 16.2 Å². The van der Waals surface area contributed by atoms with E-state index in [-0.39, 0.29) is 0 Å². The summed E-state index contributed by atoms with van der Waals surface area (Å²) in [6, 6.07) is 41.6. The zero-order chi connectivity index (χ0) is 18.1. The molecule has 0 bridgehead atoms. The highest BCUT2D eigenvalue weighted by atomic mass is 15.1. The van der Waals surface area contributed by atoms with Gasteiger partial charge >= 0.3 is 0 Å². The van der Waals surface area contributed by atoms with Crippen molar-refractivity contribution < 1.29 is 0 Å². The second-order valence-electron chi connectivity index (χ2n) is 6.61. The second kappa shape index (κ2) is 6.62. The second-order valence-corrected chi connectivity index (χ2v) is 6.61. The molecule has 27 heavy (non-hydrogen) atoms. The highest BCUT2D eigenvalue weighted by Gasteiger charge is 2.15. The lowest BCUT2D eigenvalue weighted by molar-refractivity contribution is 1.30. The summed E-state index contributed by atoms with van der Waals surface area (Å²) in [6.07, 6.45) is 0. The van der Waals surface area contributed by atoms with Crippen molar-refractivity contribution in [2.45, 2.75) is 0 Å². The van der Waals surface area contributed by atoms with Gasteiger partial charge in [0.05, 0.1) is 5.69 Å². The molecular formula is C26H18N. The fraction of sp³-hybridized carbons (Fsp3) is 0. The Morgan fingerprint density at radius 1 is 0.556 bits per heavy atom. The van der Waals surface area contributed by atoms with Gasteiger partial charge in [-0.25, -0.2) is 0 Å². The third-order valence-electron chi connectivity index (χ3n) is 4.91. The summed E-state index contributed by atoms with van der Waals surface area (Å²) >= 11 is 0. The van der Waals surface area contributed by atoms with Gasteiger partial charge in [-0.2, -0.15) is 0 Å². The Labute approximate surface area is 159 Å². The minimum absolute atomic E-state index is 1.13. The van der Waals surface area contributed by atoms with Gasteiger partial charge in [-0.3, -0.25) is 0 Å². The minimum Gasteiger partial charge on any atom is -0.310 e. The Bertz CT molecular complexity index is 1170. The zero-order valence-corrected chi connectivity index (χ0v) is 14.8. The topological polar surface area (TPSA) is 3.24 Å². The molecule has 0 amide bonds. The van der Waals surface area contributed by atoms with Crippen LogP contribution >= 0.6 is 0 Å². The normalized spacial score (nSPS) is 11.0. The number of hydrogen-bond donors (Lipinski definition) is 0. The van der Waals surface area contributed by atoms with Gasteiger partial charge in [0.25, 0.3) is 0 Å². The van der Waals surface area contributed by atoms with E-state index in [0.29, 0.717) is 0 Å². The molecule has 5 aromatic rings. The average Bonchev–Trinajstić information content (AvgIpc) is 2.74. The summed E-state index contributed by atoms with van der Waals surface area (Å²) in [7, 11) is 0. The third kappa shape index (κ3) is 2.84. The van der Waals surface area contributed by atoms with Crippen molar-refractivity contribution in [3.63, 3.8) is 0 Å². The molecule has 0 fully saturated rings. The Balaban J connectivity index is 1.81. The maximum atomic E-state index is 3.41. The fourth-order valence-corrected chi connectivity index (χ4v) is 3.65. The molecule has 0 saturated carbocycles. The van der Waals surface area contributed by atoms with E-state index in [1.54, 1.807) is 0 Å². The molecule has 0 saturated heterocycles. The number of para-hydroxylation sites is 2. The number of nitrogens with zero attached hydrogens (tertiary/aromatic N) is 1. The monoisotopic (exact) mass is 344 g/mol. The minimum atomic E-state index is 1.13. The van der Waals surface area contributed by atoms with Crippen LogP contribution in [-0.2, 0) is 0 Å². The summed E-state index contributed by atoms with van der Waals surface area (Å²) < 4.78 is 0. The molecule has 0 aliphatic rings. The SMILES string of the molecule is [c]1ccc(N(c2ccccc2)c2ccccc2)c2cc3ccccc3cc12. The largest absolute Gasteiger partial charge is 0.310 e. The van der Waals surface area contributed by atoms with Crippen LogP contribution in [0, 0.1) is 6.07 Å². The van der Waals surface area contributed by atoms with Gasteiger partial charge in [-0.1, -0.05) is 66.7 Å². The van der Waals surface area contributed by atoms with Crippen molar-refractivity contribution >= 4 is 38.6 Å². The maximum absolute atomic E-state index is 3.41. The first kappa shape index (κ1) is 15.7. The smallest absolute Gasteiger partial charge is 0.0540 e. The van der Waals surface area contributed by atoms with Crippen LogP contribution in [0.25, 0.3) is 21.5 Å². The van der Waals surface area contributed by atoms with Crippen LogP contribution in [0.2, 0.25) is 0 Å². The van der Waals surface area contributed by atoms with E-state index < -0.39 is 0 Å². The van der Waals surface area contributed by atoms with Crippen LogP contribution in [0.5, 0.6) is 0 Å². The van der Waals surface area contributed by atoms with Gasteiger partial charge in [0.2, 0.25) is 0 Å². The van der Waals surface area contributed by atoms with E-state index in [2.05, 4.69) is 114 Å². The van der Waals surface area contributed by atoms with Crippen LogP contribution in [0.15, 0.2) is 109 Å². The van der Waals surface area contributed by atoms with E-state index >= 15 is 0 Å². The van der Waals surface area contributed by atoms with Crippen molar-refractivity contribution in [1.29, 1.82) is 0 Å². The third-order valence-corrected chi connectivity index (χ3v) is 4.91. The van der Waals surface area contributed by atoms with E-state index in [9.17, 15) is 0 Å². The van der Waals surface area contributed by atoms with Gasteiger partial charge < -0.3 is 4.90 Å². The van der Waals surface area contributed by atoms with Crippen molar-refractivity contribution in [2.24, 2.45) is 0 Å². The molecule has 0 aliphatic carbocycles. The van der Waals surface area contributed by atoms with E-state index in [4.69, 9.17) is 0 Å². The molecule has 0 aromatic heterocycles. The molecule has 0 N–H and O–H groups in total. The Morgan fingerprint density at radius 3 is 1.74 bits per heavy atom. The molecule has 1 heteroatoms. The van der Waals surface area contributed by atoms with Gasteiger partial charge in [-0.05, 0) is 64.7 Å². The molecule has 1 nitrogen and oxygen atoms in total. The lowest BCUT2D eigenvalue weighted by Gasteiger charge is -2.26. The Hall–Kier alpha value is -3.58. The highest BCUT2D eigenvalue weighted by molar-refractivity contribution is 6.05. The summed E-state index contributed by atoms with van der Waals surface area (Å²) in [4.78, 5) is 2.31. The summed E-state index contributed by atoms with van der Waals surface area (Å²) in [5, 5.41) is 4.81. The Morgan fingerprint density at radius 2 is 1.11 bits per heavy atom. The van der Waals surface area contributed by atoms with E-state index in [1.807, 2.05) is 6.07 Å². The predicted octanol–water partition coefficient (Wildman–Crippen LogP) is 7.26. The van der Waals surface area contributed by atoms with Crippen LogP contribution in [0.4, 0.5) is 17.1 Å². The first-order valence-corrected chi connectivity index (χ1v) is 9.13. The molecule has 5 rings (SSSR count). The Kier molecular flexibility index (Phi) is 3.84. The fourth-order valence-electron chi connectivity index (χ4n) is 3.65. The maximum Gasteiger partial charge on any atom is 0.0540 e. The molecule has 0 aliphatic heterocycles. The van der Waals surface area contributed by atoms with Gasteiger partial charge in [0, 0.05) is 16.8 Å². The number of hydrogen-bond acceptors (Lipinski definition) is 1. The average molecular weight is 344 g/mol. The molecule has 127 valence electrons. The summed E-state index contributed by atoms with van der Waals surface area (Å²) in [5.74, 6) is 0. The van der Waals surface area contributed by atoms with Crippen molar-refractivity contribution in [1.82, 2.24) is 0 Å². The standard InChI is InChI=1S/C26H18N/c1-3-13-23(14-4-1)27(24-15-5-2-6-16-24)26-17-9-12-22-18-20-10-7-8-11-21(20)19-25(22)26/h1-11,13-19H. The van der Waals surface area contributed by atoms with Crippen LogP contribution < -0.4 is 4.90 Å². The number of fused-ring (bicyclic) bond motifs is 2. The predicted molar refractivity (Wildman–Crippen MR) is 115 cm³/mol. The zero-order valence-electron chi connectivity index (χ0n) is 14.8. The number of rotatable bonds is 3. The molecule has 0 unspecified atom stereocenters. The van der Waals surface area contributed by atoms with Gasteiger partial charge in [0.15, 0.2) is 0 Å². The molecule has 5 aromatic carbocycles. The molecule has 1 radical (unpaired) electrons. The van der Waals surface area contributed by atoms with Crippen LogP contribution in [-0.4, -0.2) is 0 Å².